The second kappa shape index (κ2) is 9.21. The van der Waals surface area contributed by atoms with E-state index in [0.29, 0.717) is 6.42 Å². The van der Waals surface area contributed by atoms with Gasteiger partial charge in [0, 0.05) is 31.2 Å². The molecule has 21 heavy (non-hydrogen) atoms. The van der Waals surface area contributed by atoms with Crippen LogP contribution in [0.3, 0.4) is 0 Å². The molecule has 108 valence electrons. The minimum Gasteiger partial charge on any atom is -0.265 e. The Morgan fingerprint density at radius 3 is 1.71 bits per heavy atom. The minimum atomic E-state index is -0.0772. The predicted octanol–water partition coefficient (Wildman–Crippen LogP) is 3.66. The van der Waals surface area contributed by atoms with Crippen molar-refractivity contribution in [2.24, 2.45) is 0 Å². The molecule has 0 saturated carbocycles. The first-order chi connectivity index (χ1) is 10.4. The number of nitriles is 1. The molecular formula is C17H20N3P. The van der Waals surface area contributed by atoms with Crippen LogP contribution in [0.4, 0.5) is 0 Å². The average Bonchev–Trinajstić information content (AvgIpc) is 2.56. The third-order valence-corrected chi connectivity index (χ3v) is 6.04. The van der Waals surface area contributed by atoms with Crippen LogP contribution in [0.1, 0.15) is 17.5 Å². The topological polar surface area (TPSA) is 49.6 Å². The highest BCUT2D eigenvalue weighted by molar-refractivity contribution is 7.57. The molecule has 0 fully saturated rings. The van der Waals surface area contributed by atoms with E-state index in [9.17, 15) is 0 Å². The molecule has 0 unspecified atom stereocenters. The summed E-state index contributed by atoms with van der Waals surface area (Å²) in [4.78, 5) is 8.11. The van der Waals surface area contributed by atoms with E-state index in [1.54, 1.807) is 0 Å². The van der Waals surface area contributed by atoms with Gasteiger partial charge in [0.25, 0.3) is 0 Å². The van der Waals surface area contributed by atoms with Gasteiger partial charge in [0.1, 0.15) is 0 Å². The van der Waals surface area contributed by atoms with Crippen LogP contribution in [0.15, 0.2) is 49.1 Å². The molecule has 0 N–H and O–H groups in total. The molecule has 2 aromatic rings. The van der Waals surface area contributed by atoms with Crippen LogP contribution >= 0.6 is 7.92 Å². The summed E-state index contributed by atoms with van der Waals surface area (Å²) in [6.07, 6.45) is 13.7. The van der Waals surface area contributed by atoms with E-state index < -0.39 is 0 Å². The van der Waals surface area contributed by atoms with Crippen molar-refractivity contribution in [1.29, 1.82) is 5.26 Å². The fraction of sp³-hybridized carbons (Fsp3) is 0.353. The Morgan fingerprint density at radius 1 is 0.810 bits per heavy atom. The Labute approximate surface area is 127 Å². The maximum Gasteiger partial charge on any atom is 0.0625 e. The van der Waals surface area contributed by atoms with E-state index in [2.05, 4.69) is 40.3 Å². The molecule has 0 bridgehead atoms. The lowest BCUT2D eigenvalue weighted by molar-refractivity contribution is 1.07. The number of aromatic nitrogens is 2. The molecule has 0 saturated heterocycles. The molecule has 2 rings (SSSR count). The first-order valence-electron chi connectivity index (χ1n) is 7.25. The van der Waals surface area contributed by atoms with Crippen molar-refractivity contribution in [3.8, 4) is 6.07 Å². The third-order valence-electron chi connectivity index (χ3n) is 3.47. The van der Waals surface area contributed by atoms with E-state index in [4.69, 9.17) is 5.26 Å². The lowest BCUT2D eigenvalue weighted by Gasteiger charge is -2.16. The first-order valence-corrected chi connectivity index (χ1v) is 9.15. The van der Waals surface area contributed by atoms with E-state index in [0.717, 1.165) is 19.0 Å². The molecule has 4 heteroatoms. The minimum absolute atomic E-state index is 0.0772. The maximum atomic E-state index is 8.83. The predicted molar refractivity (Wildman–Crippen MR) is 87.6 cm³/mol. The molecule has 0 aliphatic carbocycles. The highest BCUT2D eigenvalue weighted by atomic mass is 31.1. The van der Waals surface area contributed by atoms with Crippen LogP contribution < -0.4 is 0 Å². The van der Waals surface area contributed by atoms with Crippen molar-refractivity contribution < 1.29 is 0 Å². The van der Waals surface area contributed by atoms with Crippen LogP contribution in [0.5, 0.6) is 0 Å². The summed E-state index contributed by atoms with van der Waals surface area (Å²) in [5, 5.41) is 8.83. The SMILES string of the molecule is N#CCCP(CCc1ccncc1)CCc1ccncc1. The van der Waals surface area contributed by atoms with Gasteiger partial charge in [0.05, 0.1) is 6.07 Å². The third kappa shape index (κ3) is 6.02. The van der Waals surface area contributed by atoms with E-state index in [-0.39, 0.29) is 7.92 Å². The van der Waals surface area contributed by atoms with Gasteiger partial charge < -0.3 is 0 Å². The van der Waals surface area contributed by atoms with E-state index >= 15 is 0 Å². The van der Waals surface area contributed by atoms with Gasteiger partial charge in [-0.15, -0.1) is 7.92 Å². The molecule has 0 aliphatic rings. The summed E-state index contributed by atoms with van der Waals surface area (Å²) in [6.45, 7) is 0. The Bertz CT molecular complexity index is 508. The molecule has 0 radical (unpaired) electrons. The highest BCUT2D eigenvalue weighted by Gasteiger charge is 2.08. The monoisotopic (exact) mass is 297 g/mol. The smallest absolute Gasteiger partial charge is 0.0625 e. The Hall–Kier alpha value is -1.78. The summed E-state index contributed by atoms with van der Waals surface area (Å²) in [5.41, 5.74) is 2.69. The zero-order valence-corrected chi connectivity index (χ0v) is 13.0. The van der Waals surface area contributed by atoms with Gasteiger partial charge in [0.15, 0.2) is 0 Å². The number of hydrogen-bond donors (Lipinski definition) is 0. The molecule has 0 amide bonds. The molecule has 0 aromatic carbocycles. The van der Waals surface area contributed by atoms with Gasteiger partial charge >= 0.3 is 0 Å². The standard InChI is InChI=1S/C17H20N3P/c18-8-1-13-21(14-6-16-2-9-19-10-3-16)15-7-17-4-11-20-12-5-17/h2-5,9-12H,1,6-7,13-15H2. The number of pyridine rings is 2. The lowest BCUT2D eigenvalue weighted by atomic mass is 10.2. The van der Waals surface area contributed by atoms with Gasteiger partial charge in [0.2, 0.25) is 0 Å². The molecule has 0 aliphatic heterocycles. The van der Waals surface area contributed by atoms with Crippen molar-refractivity contribution in [3.05, 3.63) is 60.2 Å². The maximum absolute atomic E-state index is 8.83. The van der Waals surface area contributed by atoms with Gasteiger partial charge in [-0.25, -0.2) is 0 Å². The zero-order valence-electron chi connectivity index (χ0n) is 12.2. The molecular weight excluding hydrogens is 277 g/mol. The summed E-state index contributed by atoms with van der Waals surface area (Å²) < 4.78 is 0. The summed E-state index contributed by atoms with van der Waals surface area (Å²) in [6, 6.07) is 10.6. The van der Waals surface area contributed by atoms with Crippen LogP contribution in [0, 0.1) is 11.3 Å². The van der Waals surface area contributed by atoms with Crippen molar-refractivity contribution in [2.75, 3.05) is 18.5 Å². The molecule has 0 spiro atoms. The van der Waals surface area contributed by atoms with Gasteiger partial charge in [-0.3, -0.25) is 9.97 Å². The summed E-state index contributed by atoms with van der Waals surface area (Å²) in [5.74, 6) is 0. The average molecular weight is 297 g/mol. The number of nitrogens with zero attached hydrogens (tertiary/aromatic N) is 3. The van der Waals surface area contributed by atoms with E-state index in [1.807, 2.05) is 24.8 Å². The van der Waals surface area contributed by atoms with Crippen molar-refractivity contribution in [2.45, 2.75) is 19.3 Å². The number of hydrogen-bond acceptors (Lipinski definition) is 3. The second-order valence-corrected chi connectivity index (χ2v) is 7.64. The second-order valence-electron chi connectivity index (χ2n) is 4.96. The van der Waals surface area contributed by atoms with Crippen LogP contribution in [0.25, 0.3) is 0 Å². The molecule has 0 atom stereocenters. The number of aryl methyl sites for hydroxylation is 2. The number of rotatable bonds is 8. The summed E-state index contributed by atoms with van der Waals surface area (Å²) in [7, 11) is -0.0772. The first kappa shape index (κ1) is 15.6. The Morgan fingerprint density at radius 2 is 1.29 bits per heavy atom. The van der Waals surface area contributed by atoms with Gasteiger partial charge in [-0.05, 0) is 66.7 Å². The lowest BCUT2D eigenvalue weighted by Crippen LogP contribution is -2.01. The van der Waals surface area contributed by atoms with Crippen LogP contribution in [0.2, 0.25) is 0 Å². The Balaban J connectivity index is 1.84. The van der Waals surface area contributed by atoms with E-state index in [1.165, 1.54) is 23.5 Å². The van der Waals surface area contributed by atoms with Crippen LogP contribution in [-0.2, 0) is 12.8 Å². The van der Waals surface area contributed by atoms with Gasteiger partial charge in [-0.1, -0.05) is 0 Å². The zero-order chi connectivity index (χ0) is 14.8. The molecule has 2 aromatic heterocycles. The fourth-order valence-electron chi connectivity index (χ4n) is 2.22. The van der Waals surface area contributed by atoms with Crippen molar-refractivity contribution in [1.82, 2.24) is 9.97 Å². The normalized spacial score (nSPS) is 10.5. The largest absolute Gasteiger partial charge is 0.265 e. The van der Waals surface area contributed by atoms with Crippen molar-refractivity contribution >= 4 is 7.92 Å². The fourth-order valence-corrected chi connectivity index (χ4v) is 4.45. The van der Waals surface area contributed by atoms with Gasteiger partial charge in [-0.2, -0.15) is 5.26 Å². The Kier molecular flexibility index (Phi) is 6.84. The molecule has 3 nitrogen and oxygen atoms in total. The summed E-state index contributed by atoms with van der Waals surface area (Å²) >= 11 is 0. The highest BCUT2D eigenvalue weighted by Crippen LogP contribution is 2.37. The van der Waals surface area contributed by atoms with Crippen molar-refractivity contribution in [3.63, 3.8) is 0 Å². The quantitative estimate of drug-likeness (QED) is 0.699. The van der Waals surface area contributed by atoms with Crippen LogP contribution in [-0.4, -0.2) is 28.5 Å². The molecule has 2 heterocycles.